The summed E-state index contributed by atoms with van der Waals surface area (Å²) in [6, 6.07) is 0. The molecule has 0 aromatic heterocycles. The van der Waals surface area contributed by atoms with Crippen molar-refractivity contribution in [3.63, 3.8) is 0 Å². The molecule has 0 rings (SSSR count). The summed E-state index contributed by atoms with van der Waals surface area (Å²) in [4.78, 5) is 9.60. The number of hydrogen-bond donors (Lipinski definition) is 1. The van der Waals surface area contributed by atoms with Gasteiger partial charge < -0.3 is 5.11 Å². The summed E-state index contributed by atoms with van der Waals surface area (Å²) in [5.74, 6) is -0.935. The van der Waals surface area contributed by atoms with Gasteiger partial charge in [0.2, 0.25) is 0 Å². The van der Waals surface area contributed by atoms with Crippen molar-refractivity contribution in [3.05, 3.63) is 24.8 Å². The minimum absolute atomic E-state index is 0.176. The van der Waals surface area contributed by atoms with Crippen LogP contribution in [0.3, 0.4) is 0 Å². The molecule has 0 bridgehead atoms. The molecule has 0 unspecified atom stereocenters. The highest BCUT2D eigenvalue weighted by molar-refractivity contribution is 5.84. The highest BCUT2D eigenvalue weighted by Crippen LogP contribution is 2.12. The van der Waals surface area contributed by atoms with Crippen LogP contribution < -0.4 is 0 Å². The minimum Gasteiger partial charge on any atom is -0.478 e. The Morgan fingerprint density at radius 1 is 0.864 bits per heavy atom. The van der Waals surface area contributed by atoms with Gasteiger partial charge in [0.05, 0.1) is 0 Å². The topological polar surface area (TPSA) is 37.3 Å². The molecule has 0 heterocycles. The van der Waals surface area contributed by atoms with Crippen LogP contribution in [0.5, 0.6) is 0 Å². The summed E-state index contributed by atoms with van der Waals surface area (Å²) in [6.45, 7) is 10.6. The van der Waals surface area contributed by atoms with Crippen LogP contribution in [0.1, 0.15) is 97.3 Å². The van der Waals surface area contributed by atoms with Gasteiger partial charge in [-0.25, -0.2) is 4.79 Å². The van der Waals surface area contributed by atoms with Gasteiger partial charge in [0.15, 0.2) is 0 Å². The number of aliphatic carboxylic acids is 1. The SMILES string of the molecule is C=C(C)C(=O)O.C=CCCCCCCCCCCCCCC. The van der Waals surface area contributed by atoms with Gasteiger partial charge >= 0.3 is 5.97 Å². The lowest BCUT2D eigenvalue weighted by Gasteiger charge is -2.02. The molecule has 0 radical (unpaired) electrons. The number of unbranched alkanes of at least 4 members (excludes halogenated alkanes) is 12. The molecule has 0 aromatic carbocycles. The molecule has 2 nitrogen and oxygen atoms in total. The molecule has 0 saturated heterocycles. The van der Waals surface area contributed by atoms with Crippen molar-refractivity contribution in [1.29, 1.82) is 0 Å². The first-order valence-electron chi connectivity index (χ1n) is 9.05. The number of allylic oxidation sites excluding steroid dienone is 1. The molecule has 0 aliphatic carbocycles. The Kier molecular flexibility index (Phi) is 21.1. The second-order valence-corrected chi connectivity index (χ2v) is 6.05. The van der Waals surface area contributed by atoms with Crippen molar-refractivity contribution in [3.8, 4) is 0 Å². The fourth-order valence-corrected chi connectivity index (χ4v) is 2.13. The Morgan fingerprint density at radius 2 is 1.18 bits per heavy atom. The zero-order chi connectivity index (χ0) is 17.1. The molecule has 1 N–H and O–H groups in total. The summed E-state index contributed by atoms with van der Waals surface area (Å²) >= 11 is 0. The molecule has 0 spiro atoms. The van der Waals surface area contributed by atoms with Crippen molar-refractivity contribution in [2.45, 2.75) is 97.3 Å². The number of rotatable bonds is 14. The first kappa shape index (κ1) is 23.2. The van der Waals surface area contributed by atoms with E-state index < -0.39 is 5.97 Å². The quantitative estimate of drug-likeness (QED) is 0.215. The van der Waals surface area contributed by atoms with Crippen LogP contribution in [0, 0.1) is 0 Å². The lowest BCUT2D eigenvalue weighted by molar-refractivity contribution is -0.132. The van der Waals surface area contributed by atoms with E-state index in [0.717, 1.165) is 0 Å². The zero-order valence-electron chi connectivity index (χ0n) is 15.0. The van der Waals surface area contributed by atoms with Crippen molar-refractivity contribution < 1.29 is 9.90 Å². The lowest BCUT2D eigenvalue weighted by Crippen LogP contribution is -1.92. The van der Waals surface area contributed by atoms with Gasteiger partial charge in [-0.05, 0) is 19.8 Å². The van der Waals surface area contributed by atoms with E-state index >= 15 is 0 Å². The minimum atomic E-state index is -0.935. The second-order valence-electron chi connectivity index (χ2n) is 6.05. The molecular formula is C20H38O2. The fourth-order valence-electron chi connectivity index (χ4n) is 2.13. The maximum Gasteiger partial charge on any atom is 0.330 e. The highest BCUT2D eigenvalue weighted by atomic mass is 16.4. The Labute approximate surface area is 138 Å². The lowest BCUT2D eigenvalue weighted by atomic mass is 10.0. The van der Waals surface area contributed by atoms with Gasteiger partial charge in [0.25, 0.3) is 0 Å². The average molecular weight is 311 g/mol. The van der Waals surface area contributed by atoms with Gasteiger partial charge in [-0.3, -0.25) is 0 Å². The zero-order valence-corrected chi connectivity index (χ0v) is 15.0. The van der Waals surface area contributed by atoms with Crippen LogP contribution in [0.4, 0.5) is 0 Å². The third-order valence-corrected chi connectivity index (χ3v) is 3.63. The first-order valence-corrected chi connectivity index (χ1v) is 9.05. The highest BCUT2D eigenvalue weighted by Gasteiger charge is 1.92. The van der Waals surface area contributed by atoms with Gasteiger partial charge in [-0.15, -0.1) is 6.58 Å². The molecule has 0 aliphatic rings. The molecule has 130 valence electrons. The van der Waals surface area contributed by atoms with E-state index in [1.165, 1.54) is 90.4 Å². The molecule has 0 aromatic rings. The predicted molar refractivity (Wildman–Crippen MR) is 98.3 cm³/mol. The normalized spacial score (nSPS) is 9.73. The van der Waals surface area contributed by atoms with Gasteiger partial charge in [0, 0.05) is 5.57 Å². The molecule has 0 fully saturated rings. The van der Waals surface area contributed by atoms with Crippen LogP contribution in [0.15, 0.2) is 24.8 Å². The fraction of sp³-hybridized carbons (Fsp3) is 0.750. The Morgan fingerprint density at radius 3 is 1.45 bits per heavy atom. The number of carboxylic acids is 1. The van der Waals surface area contributed by atoms with Gasteiger partial charge in [0.1, 0.15) is 0 Å². The standard InChI is InChI=1S/C16H32.C4H6O2/c1-3-5-7-9-11-13-15-16-14-12-10-8-6-4-2;1-3(2)4(5)6/h3H,1,4-16H2,2H3;1H2,2H3,(H,5,6). The maximum absolute atomic E-state index is 9.60. The van der Waals surface area contributed by atoms with E-state index in [0.29, 0.717) is 0 Å². The van der Waals surface area contributed by atoms with Crippen LogP contribution in [0.2, 0.25) is 0 Å². The number of carboxylic acid groups (broad SMARTS) is 1. The molecular weight excluding hydrogens is 272 g/mol. The third kappa shape index (κ3) is 24.0. The van der Waals surface area contributed by atoms with Crippen molar-refractivity contribution in [2.24, 2.45) is 0 Å². The molecule has 0 amide bonds. The Hall–Kier alpha value is -1.05. The van der Waals surface area contributed by atoms with Crippen LogP contribution in [-0.4, -0.2) is 11.1 Å². The average Bonchev–Trinajstić information content (AvgIpc) is 2.49. The largest absolute Gasteiger partial charge is 0.478 e. The van der Waals surface area contributed by atoms with E-state index in [-0.39, 0.29) is 5.57 Å². The Balaban J connectivity index is 0. The van der Waals surface area contributed by atoms with Crippen molar-refractivity contribution >= 4 is 5.97 Å². The summed E-state index contributed by atoms with van der Waals surface area (Å²) in [7, 11) is 0. The van der Waals surface area contributed by atoms with E-state index in [1.54, 1.807) is 0 Å². The van der Waals surface area contributed by atoms with Crippen LogP contribution in [-0.2, 0) is 4.79 Å². The van der Waals surface area contributed by atoms with E-state index in [1.807, 2.05) is 6.08 Å². The van der Waals surface area contributed by atoms with Crippen LogP contribution >= 0.6 is 0 Å². The van der Waals surface area contributed by atoms with Crippen molar-refractivity contribution in [2.75, 3.05) is 0 Å². The predicted octanol–water partition coefficient (Wildman–Crippen LogP) is 6.91. The van der Waals surface area contributed by atoms with E-state index in [2.05, 4.69) is 20.1 Å². The first-order chi connectivity index (χ1) is 10.6. The van der Waals surface area contributed by atoms with Crippen molar-refractivity contribution in [1.82, 2.24) is 0 Å². The number of carbonyl (C=O) groups is 1. The smallest absolute Gasteiger partial charge is 0.330 e. The van der Waals surface area contributed by atoms with Gasteiger partial charge in [-0.1, -0.05) is 90.2 Å². The molecule has 0 saturated carbocycles. The van der Waals surface area contributed by atoms with E-state index in [4.69, 9.17) is 5.11 Å². The molecule has 0 atom stereocenters. The monoisotopic (exact) mass is 310 g/mol. The second kappa shape index (κ2) is 19.9. The van der Waals surface area contributed by atoms with E-state index in [9.17, 15) is 4.79 Å². The third-order valence-electron chi connectivity index (χ3n) is 3.63. The molecule has 0 aliphatic heterocycles. The maximum atomic E-state index is 9.60. The summed E-state index contributed by atoms with van der Waals surface area (Å²) in [5.41, 5.74) is 0.176. The summed E-state index contributed by atoms with van der Waals surface area (Å²) in [5, 5.41) is 7.89. The molecule has 2 heteroatoms. The summed E-state index contributed by atoms with van der Waals surface area (Å²) in [6.07, 6.45) is 20.5. The Bertz CT molecular complexity index is 257. The van der Waals surface area contributed by atoms with Gasteiger partial charge in [-0.2, -0.15) is 0 Å². The summed E-state index contributed by atoms with van der Waals surface area (Å²) < 4.78 is 0. The van der Waals surface area contributed by atoms with Crippen LogP contribution in [0.25, 0.3) is 0 Å². The number of hydrogen-bond acceptors (Lipinski definition) is 1. The molecule has 22 heavy (non-hydrogen) atoms.